The number of nitrogens with zero attached hydrogens (tertiary/aromatic N) is 4. The number of hydrogen-bond donors (Lipinski definition) is 0. The Morgan fingerprint density at radius 2 is 2.00 bits per heavy atom. The van der Waals surface area contributed by atoms with Gasteiger partial charge >= 0.3 is 0 Å². The van der Waals surface area contributed by atoms with Gasteiger partial charge in [0.15, 0.2) is 5.78 Å². The maximum atomic E-state index is 12.8. The molecule has 0 aliphatic heterocycles. The summed E-state index contributed by atoms with van der Waals surface area (Å²) in [5.74, 6) is 0.651. The van der Waals surface area contributed by atoms with Crippen LogP contribution in [0.3, 0.4) is 0 Å². The fraction of sp³-hybridized carbons (Fsp3) is 0.0909. The Hall–Kier alpha value is -3.80. The van der Waals surface area contributed by atoms with Gasteiger partial charge in [0.05, 0.1) is 12.3 Å². The number of ketones is 1. The van der Waals surface area contributed by atoms with Gasteiger partial charge in [0.25, 0.3) is 0 Å². The van der Waals surface area contributed by atoms with E-state index in [0.717, 1.165) is 27.8 Å². The molecule has 0 saturated carbocycles. The van der Waals surface area contributed by atoms with Crippen molar-refractivity contribution in [3.63, 3.8) is 0 Å². The highest BCUT2D eigenvalue weighted by Crippen LogP contribution is 2.29. The average molecular weight is 370 g/mol. The summed E-state index contributed by atoms with van der Waals surface area (Å²) in [4.78, 5) is 12.8. The summed E-state index contributed by atoms with van der Waals surface area (Å²) < 4.78 is 7.28. The SMILES string of the molecule is CCOc1ccc2ccccc2c1/C=C/C(=O)c1cccc(-n2cnnn2)c1. The Labute approximate surface area is 162 Å². The van der Waals surface area contributed by atoms with Crippen LogP contribution in [-0.2, 0) is 0 Å². The van der Waals surface area contributed by atoms with Crippen LogP contribution in [0.1, 0.15) is 22.8 Å². The molecule has 0 atom stereocenters. The Balaban J connectivity index is 1.69. The first-order valence-corrected chi connectivity index (χ1v) is 8.96. The van der Waals surface area contributed by atoms with Gasteiger partial charge in [0.2, 0.25) is 0 Å². The van der Waals surface area contributed by atoms with Gasteiger partial charge in [-0.15, -0.1) is 5.10 Å². The van der Waals surface area contributed by atoms with Crippen molar-refractivity contribution in [1.82, 2.24) is 20.2 Å². The van der Waals surface area contributed by atoms with Gasteiger partial charge in [0.1, 0.15) is 12.1 Å². The van der Waals surface area contributed by atoms with Crippen molar-refractivity contribution < 1.29 is 9.53 Å². The molecule has 0 bridgehead atoms. The maximum Gasteiger partial charge on any atom is 0.185 e. The van der Waals surface area contributed by atoms with Crippen LogP contribution in [0.4, 0.5) is 0 Å². The lowest BCUT2D eigenvalue weighted by molar-refractivity contribution is 0.104. The number of tetrazole rings is 1. The first-order valence-electron chi connectivity index (χ1n) is 8.96. The molecule has 4 aromatic rings. The van der Waals surface area contributed by atoms with Gasteiger partial charge in [0, 0.05) is 11.1 Å². The summed E-state index contributed by atoms with van der Waals surface area (Å²) >= 11 is 0. The average Bonchev–Trinajstić information content (AvgIpc) is 3.28. The predicted molar refractivity (Wildman–Crippen MR) is 108 cm³/mol. The number of carbonyl (C=O) groups is 1. The minimum atomic E-state index is -0.106. The Kier molecular flexibility index (Phi) is 4.93. The van der Waals surface area contributed by atoms with Gasteiger partial charge in [-0.05, 0) is 58.5 Å². The largest absolute Gasteiger partial charge is 0.493 e. The van der Waals surface area contributed by atoms with Crippen LogP contribution in [-0.4, -0.2) is 32.6 Å². The van der Waals surface area contributed by atoms with E-state index >= 15 is 0 Å². The molecule has 28 heavy (non-hydrogen) atoms. The summed E-state index contributed by atoms with van der Waals surface area (Å²) in [6.07, 6.45) is 4.88. The van der Waals surface area contributed by atoms with E-state index in [2.05, 4.69) is 15.5 Å². The summed E-state index contributed by atoms with van der Waals surface area (Å²) in [6.45, 7) is 2.50. The number of carbonyl (C=O) groups excluding carboxylic acids is 1. The van der Waals surface area contributed by atoms with Crippen LogP contribution >= 0.6 is 0 Å². The molecule has 1 heterocycles. The highest BCUT2D eigenvalue weighted by Gasteiger charge is 2.09. The molecular weight excluding hydrogens is 352 g/mol. The third-order valence-corrected chi connectivity index (χ3v) is 4.38. The van der Waals surface area contributed by atoms with E-state index in [1.807, 2.05) is 61.5 Å². The van der Waals surface area contributed by atoms with Crippen LogP contribution in [0.25, 0.3) is 22.5 Å². The van der Waals surface area contributed by atoms with Gasteiger partial charge in [-0.3, -0.25) is 4.79 Å². The predicted octanol–water partition coefficient (Wildman–Crippen LogP) is 4.11. The second kappa shape index (κ2) is 7.84. The minimum absolute atomic E-state index is 0.106. The highest BCUT2D eigenvalue weighted by molar-refractivity contribution is 6.08. The number of allylic oxidation sites excluding steroid dienone is 1. The number of ether oxygens (including phenoxy) is 1. The molecule has 0 fully saturated rings. The molecule has 0 aliphatic rings. The van der Waals surface area contributed by atoms with Crippen LogP contribution in [0, 0.1) is 0 Å². The van der Waals surface area contributed by atoms with Crippen LogP contribution < -0.4 is 4.74 Å². The van der Waals surface area contributed by atoms with Crippen LogP contribution in [0.15, 0.2) is 73.1 Å². The molecule has 0 unspecified atom stereocenters. The fourth-order valence-electron chi connectivity index (χ4n) is 3.07. The Morgan fingerprint density at radius 1 is 1.11 bits per heavy atom. The third-order valence-electron chi connectivity index (χ3n) is 4.38. The number of aromatic nitrogens is 4. The molecule has 4 rings (SSSR count). The lowest BCUT2D eigenvalue weighted by atomic mass is 10.0. The Bertz CT molecular complexity index is 1150. The summed E-state index contributed by atoms with van der Waals surface area (Å²) in [6, 6.07) is 19.2. The monoisotopic (exact) mass is 370 g/mol. The van der Waals surface area contributed by atoms with E-state index < -0.39 is 0 Å². The van der Waals surface area contributed by atoms with Crippen molar-refractivity contribution in [3.05, 3.63) is 84.2 Å². The van der Waals surface area contributed by atoms with Crippen molar-refractivity contribution >= 4 is 22.6 Å². The molecule has 3 aromatic carbocycles. The molecule has 0 N–H and O–H groups in total. The smallest absolute Gasteiger partial charge is 0.185 e. The molecule has 0 radical (unpaired) electrons. The number of fused-ring (bicyclic) bond motifs is 1. The molecule has 0 spiro atoms. The summed E-state index contributed by atoms with van der Waals surface area (Å²) in [5, 5.41) is 13.2. The molecular formula is C22H18N4O2. The number of hydrogen-bond acceptors (Lipinski definition) is 5. The van der Waals surface area contributed by atoms with Crippen molar-refractivity contribution in [2.45, 2.75) is 6.92 Å². The number of rotatable bonds is 6. The van der Waals surface area contributed by atoms with Crippen LogP contribution in [0.2, 0.25) is 0 Å². The second-order valence-electron chi connectivity index (χ2n) is 6.13. The Morgan fingerprint density at radius 3 is 2.82 bits per heavy atom. The zero-order chi connectivity index (χ0) is 19.3. The molecule has 1 aromatic heterocycles. The molecule has 0 saturated heterocycles. The van der Waals surface area contributed by atoms with Gasteiger partial charge in [-0.2, -0.15) is 0 Å². The maximum absolute atomic E-state index is 12.8. The lowest BCUT2D eigenvalue weighted by Gasteiger charge is -2.10. The zero-order valence-corrected chi connectivity index (χ0v) is 15.3. The molecule has 0 aliphatic carbocycles. The standard InChI is InChI=1S/C22H18N4O2/c1-2-28-22-13-10-16-6-3-4-9-19(16)20(22)11-12-21(27)17-7-5-8-18(14-17)26-15-23-24-25-26/h3-15H,2H2,1H3/b12-11+. The fourth-order valence-corrected chi connectivity index (χ4v) is 3.07. The molecule has 6 nitrogen and oxygen atoms in total. The quantitative estimate of drug-likeness (QED) is 0.377. The molecule has 0 amide bonds. The van der Waals surface area contributed by atoms with Gasteiger partial charge in [-0.1, -0.05) is 42.5 Å². The minimum Gasteiger partial charge on any atom is -0.493 e. The van der Waals surface area contributed by atoms with Crippen molar-refractivity contribution in [1.29, 1.82) is 0 Å². The van der Waals surface area contributed by atoms with Gasteiger partial charge < -0.3 is 4.74 Å². The van der Waals surface area contributed by atoms with Crippen molar-refractivity contribution in [3.8, 4) is 11.4 Å². The third kappa shape index (κ3) is 3.53. The first kappa shape index (κ1) is 17.6. The zero-order valence-electron chi connectivity index (χ0n) is 15.3. The number of benzene rings is 3. The van der Waals surface area contributed by atoms with E-state index in [9.17, 15) is 4.79 Å². The van der Waals surface area contributed by atoms with E-state index in [1.54, 1.807) is 18.2 Å². The lowest BCUT2D eigenvalue weighted by Crippen LogP contribution is -2.00. The normalized spacial score (nSPS) is 11.2. The van der Waals surface area contributed by atoms with E-state index in [0.29, 0.717) is 12.2 Å². The molecule has 6 heteroatoms. The summed E-state index contributed by atoms with van der Waals surface area (Å²) in [7, 11) is 0. The van der Waals surface area contributed by atoms with E-state index in [4.69, 9.17) is 4.74 Å². The second-order valence-corrected chi connectivity index (χ2v) is 6.13. The van der Waals surface area contributed by atoms with E-state index in [1.165, 1.54) is 11.0 Å². The first-order chi connectivity index (χ1) is 13.8. The molecule has 138 valence electrons. The van der Waals surface area contributed by atoms with Crippen LogP contribution in [0.5, 0.6) is 5.75 Å². The van der Waals surface area contributed by atoms with Crippen molar-refractivity contribution in [2.75, 3.05) is 6.61 Å². The van der Waals surface area contributed by atoms with Gasteiger partial charge in [-0.25, -0.2) is 4.68 Å². The topological polar surface area (TPSA) is 69.9 Å². The highest BCUT2D eigenvalue weighted by atomic mass is 16.5. The summed E-state index contributed by atoms with van der Waals surface area (Å²) in [5.41, 5.74) is 2.18. The van der Waals surface area contributed by atoms with E-state index in [-0.39, 0.29) is 5.78 Å². The van der Waals surface area contributed by atoms with Crippen molar-refractivity contribution in [2.24, 2.45) is 0 Å².